The van der Waals surface area contributed by atoms with Gasteiger partial charge in [-0.25, -0.2) is 0 Å². The molecule has 1 aromatic heterocycles. The zero-order valence-electron chi connectivity index (χ0n) is 46.0. The summed E-state index contributed by atoms with van der Waals surface area (Å²) in [5, 5.41) is 16.1. The Balaban J connectivity index is 1.76. The summed E-state index contributed by atoms with van der Waals surface area (Å²) in [5.74, 6) is 2.72. The second-order valence-electron chi connectivity index (χ2n) is 27.4. The van der Waals surface area contributed by atoms with Gasteiger partial charge in [-0.05, 0) is 175 Å². The van der Waals surface area contributed by atoms with E-state index in [2.05, 4.69) is 161 Å². The molecule has 0 radical (unpaired) electrons. The van der Waals surface area contributed by atoms with Crippen molar-refractivity contribution in [3.63, 3.8) is 0 Å². The van der Waals surface area contributed by atoms with Gasteiger partial charge in [-0.15, -0.1) is 0 Å². The first-order chi connectivity index (χ1) is 29.9. The van der Waals surface area contributed by atoms with Gasteiger partial charge in [0.05, 0.1) is 0 Å². The second kappa shape index (κ2) is 21.1. The van der Waals surface area contributed by atoms with E-state index in [-0.39, 0.29) is 56.4 Å². The highest BCUT2D eigenvalue weighted by molar-refractivity contribution is 5.50. The number of nitrogens with zero attached hydrogens (tertiary/aromatic N) is 6. The van der Waals surface area contributed by atoms with Crippen LogP contribution in [0.3, 0.4) is 0 Å². The molecule has 10 heteroatoms. The van der Waals surface area contributed by atoms with Gasteiger partial charge in [0.2, 0.25) is 17.8 Å². The Morgan fingerprint density at radius 1 is 0.338 bits per heavy atom. The minimum atomic E-state index is -0.0343. The largest absolute Gasteiger partial charge is 0.338 e. The van der Waals surface area contributed by atoms with Crippen LogP contribution < -0.4 is 36.0 Å². The van der Waals surface area contributed by atoms with E-state index in [1.54, 1.807) is 0 Å². The lowest BCUT2D eigenvalue weighted by Gasteiger charge is -2.55. The van der Waals surface area contributed by atoms with E-state index in [0.717, 1.165) is 95.1 Å². The van der Waals surface area contributed by atoms with E-state index in [9.17, 15) is 0 Å². The van der Waals surface area contributed by atoms with Gasteiger partial charge in [0.1, 0.15) is 0 Å². The van der Waals surface area contributed by atoms with Crippen LogP contribution in [0.1, 0.15) is 253 Å². The Morgan fingerprint density at radius 3 is 0.846 bits per heavy atom. The number of piperidine rings is 4. The average Bonchev–Trinajstić information content (AvgIpc) is 3.09. The first-order valence-electron chi connectivity index (χ1n) is 27.2. The van der Waals surface area contributed by atoms with Crippen LogP contribution in [-0.2, 0) is 0 Å². The van der Waals surface area contributed by atoms with E-state index in [0.29, 0.717) is 12.1 Å². The molecular formula is C55H106N10. The van der Waals surface area contributed by atoms with Gasteiger partial charge in [-0.1, -0.05) is 78.1 Å². The van der Waals surface area contributed by atoms with Gasteiger partial charge in [-0.2, -0.15) is 15.0 Å². The molecule has 0 bridgehead atoms. The Morgan fingerprint density at radius 2 is 0.569 bits per heavy atom. The Hall–Kier alpha value is -1.75. The van der Waals surface area contributed by atoms with Crippen molar-refractivity contribution in [3.05, 3.63) is 0 Å². The van der Waals surface area contributed by atoms with Gasteiger partial charge in [-0.3, -0.25) is 0 Å². The topological polar surface area (TPSA) is 96.5 Å². The van der Waals surface area contributed by atoms with Crippen molar-refractivity contribution in [2.75, 3.05) is 27.8 Å². The third kappa shape index (κ3) is 16.2. The lowest BCUT2D eigenvalue weighted by molar-refractivity contribution is 0.123. The van der Waals surface area contributed by atoms with E-state index >= 15 is 0 Å². The summed E-state index contributed by atoms with van der Waals surface area (Å²) in [6.45, 7) is 45.1. The van der Waals surface area contributed by atoms with Gasteiger partial charge in [0.15, 0.2) is 0 Å². The highest BCUT2D eigenvalue weighted by Gasteiger charge is 2.48. The molecule has 4 aliphatic rings. The summed E-state index contributed by atoms with van der Waals surface area (Å²) < 4.78 is 0. The van der Waals surface area contributed by atoms with Crippen molar-refractivity contribution in [3.8, 4) is 0 Å². The van der Waals surface area contributed by atoms with Crippen LogP contribution in [0.5, 0.6) is 0 Å². The Labute approximate surface area is 402 Å². The van der Waals surface area contributed by atoms with E-state index in [4.69, 9.17) is 15.0 Å². The Bertz CT molecular complexity index is 1470. The quantitative estimate of drug-likeness (QED) is 0.0893. The van der Waals surface area contributed by atoms with E-state index in [1.165, 1.54) is 64.2 Å². The van der Waals surface area contributed by atoms with Gasteiger partial charge >= 0.3 is 0 Å². The summed E-state index contributed by atoms with van der Waals surface area (Å²) in [6, 6.07) is 1.16. The standard InChI is InChI=1S/C55H106N10/c1-19-21-23-25-27-29-31-63(41-33-48(3,4)59-49(5,6)34-41)45-56-46(64(32-30-28-26-24-22-20-2)42-35-50(7,8)60-51(9,10)36-42)58-47(57-45)65(43-37-52(11,12)61-53(13,14)38-43)44-39-54(15,16)62-55(17,18)40-44/h41-44,59-62H,19-40H2,1-18H3. The van der Waals surface area contributed by atoms with Crippen LogP contribution in [0, 0.1) is 0 Å². The van der Waals surface area contributed by atoms with Crippen LogP contribution in [0.4, 0.5) is 17.8 Å². The number of nitrogens with one attached hydrogen (secondary N) is 4. The lowest BCUT2D eigenvalue weighted by Crippen LogP contribution is -2.67. The predicted octanol–water partition coefficient (Wildman–Crippen LogP) is 12.2. The fraction of sp³-hybridized carbons (Fsp3) is 0.945. The van der Waals surface area contributed by atoms with Crippen molar-refractivity contribution in [2.45, 2.75) is 322 Å². The molecule has 4 saturated heterocycles. The van der Waals surface area contributed by atoms with Crippen molar-refractivity contribution in [2.24, 2.45) is 0 Å². The first-order valence-corrected chi connectivity index (χ1v) is 27.2. The predicted molar refractivity (Wildman–Crippen MR) is 281 cm³/mol. The SMILES string of the molecule is CCCCCCCCN(c1nc(N(CCCCCCCC)C2CC(C)(C)NC(C)(C)C2)nc(N(C2CC(C)(C)NC(C)(C)C2)C2CC(C)(C)NC(C)(C)C2)n1)C1CC(C)(C)NC(C)(C)C1. The van der Waals surface area contributed by atoms with Crippen molar-refractivity contribution >= 4 is 17.8 Å². The minimum Gasteiger partial charge on any atom is -0.338 e. The highest BCUT2D eigenvalue weighted by atomic mass is 15.4. The molecule has 0 saturated carbocycles. The molecule has 0 spiro atoms. The molecule has 1 aromatic rings. The van der Waals surface area contributed by atoms with E-state index in [1.807, 2.05) is 0 Å². The highest BCUT2D eigenvalue weighted by Crippen LogP contribution is 2.42. The van der Waals surface area contributed by atoms with Crippen LogP contribution in [0.15, 0.2) is 0 Å². The number of rotatable bonds is 21. The molecule has 0 atom stereocenters. The molecule has 65 heavy (non-hydrogen) atoms. The third-order valence-electron chi connectivity index (χ3n) is 15.2. The summed E-state index contributed by atoms with van der Waals surface area (Å²) in [6.07, 6.45) is 23.6. The fourth-order valence-corrected chi connectivity index (χ4v) is 14.3. The first kappa shape index (κ1) is 54.2. The zero-order chi connectivity index (χ0) is 48.3. The van der Waals surface area contributed by atoms with Crippen LogP contribution >= 0.6 is 0 Å². The number of hydrogen-bond acceptors (Lipinski definition) is 10. The molecule has 0 amide bonds. The number of unbranched alkanes of at least 4 members (excludes halogenated alkanes) is 10. The van der Waals surface area contributed by atoms with Crippen LogP contribution in [0.2, 0.25) is 0 Å². The molecule has 376 valence electrons. The Kier molecular flexibility index (Phi) is 17.6. The molecule has 5 rings (SSSR count). The summed E-state index contributed by atoms with van der Waals surface area (Å²) in [7, 11) is 0. The normalized spacial score (nSPS) is 25.0. The van der Waals surface area contributed by atoms with Crippen molar-refractivity contribution < 1.29 is 0 Å². The molecule has 4 fully saturated rings. The molecule has 0 aliphatic carbocycles. The third-order valence-corrected chi connectivity index (χ3v) is 15.2. The van der Waals surface area contributed by atoms with Gasteiger partial charge in [0.25, 0.3) is 0 Å². The molecule has 0 unspecified atom stereocenters. The molecule has 4 aliphatic heterocycles. The maximum atomic E-state index is 5.92. The molecule has 10 nitrogen and oxygen atoms in total. The summed E-state index contributed by atoms with van der Waals surface area (Å²) >= 11 is 0. The van der Waals surface area contributed by atoms with Crippen LogP contribution in [0.25, 0.3) is 0 Å². The van der Waals surface area contributed by atoms with Crippen molar-refractivity contribution in [1.29, 1.82) is 0 Å². The molecule has 5 heterocycles. The lowest BCUT2D eigenvalue weighted by atomic mass is 9.75. The van der Waals surface area contributed by atoms with Crippen molar-refractivity contribution in [1.82, 2.24) is 36.2 Å². The zero-order valence-corrected chi connectivity index (χ0v) is 46.0. The average molecular weight is 908 g/mol. The molecular weight excluding hydrogens is 801 g/mol. The summed E-state index contributed by atoms with van der Waals surface area (Å²) in [4.78, 5) is 25.9. The monoisotopic (exact) mass is 907 g/mol. The summed E-state index contributed by atoms with van der Waals surface area (Å²) in [5.41, 5.74) is -0.172. The fourth-order valence-electron chi connectivity index (χ4n) is 14.3. The number of hydrogen-bond donors (Lipinski definition) is 4. The maximum Gasteiger partial charge on any atom is 0.232 e. The molecule has 4 N–H and O–H groups in total. The minimum absolute atomic E-state index is 0.00881. The van der Waals surface area contributed by atoms with Gasteiger partial charge < -0.3 is 36.0 Å². The number of aromatic nitrogens is 3. The smallest absolute Gasteiger partial charge is 0.232 e. The van der Waals surface area contributed by atoms with E-state index < -0.39 is 0 Å². The molecule has 0 aromatic carbocycles. The van der Waals surface area contributed by atoms with Gasteiger partial charge in [0, 0.05) is 81.6 Å². The maximum absolute atomic E-state index is 5.92. The number of anilines is 3. The van der Waals surface area contributed by atoms with Crippen LogP contribution in [-0.4, -0.2) is 96.5 Å². The second-order valence-corrected chi connectivity index (χ2v) is 27.4.